The second kappa shape index (κ2) is 4.09. The van der Waals surface area contributed by atoms with Gasteiger partial charge in [0.25, 0.3) is 15.9 Å². The predicted octanol–water partition coefficient (Wildman–Crippen LogP) is -0.154. The highest BCUT2D eigenvalue weighted by Crippen LogP contribution is 2.14. The first-order valence-electron chi connectivity index (χ1n) is 3.83. The van der Waals surface area contributed by atoms with Gasteiger partial charge in [-0.3, -0.25) is 4.79 Å². The molecule has 79 valence electrons. The smallest absolute Gasteiger partial charge is 0.282 e. The third-order valence-electron chi connectivity index (χ3n) is 1.47. The van der Waals surface area contributed by atoms with Gasteiger partial charge in [-0.2, -0.15) is 12.8 Å². The zero-order valence-electron chi connectivity index (χ0n) is 7.54. The van der Waals surface area contributed by atoms with Gasteiger partial charge in [0.2, 0.25) is 0 Å². The Morgan fingerprint density at radius 1 is 1.33 bits per heavy atom. The third-order valence-corrected chi connectivity index (χ3v) is 2.72. The van der Waals surface area contributed by atoms with Crippen LogP contribution in [0, 0.1) is 0 Å². The molecule has 0 aromatic heterocycles. The van der Waals surface area contributed by atoms with Crippen molar-refractivity contribution < 1.29 is 13.2 Å². The molecular formula is C8H8N3O3S. The zero-order valence-corrected chi connectivity index (χ0v) is 8.36. The summed E-state index contributed by atoms with van der Waals surface area (Å²) in [5, 5.41) is 0. The molecule has 0 aliphatic rings. The molecule has 0 atom stereocenters. The molecular weight excluding hydrogens is 218 g/mol. The van der Waals surface area contributed by atoms with Crippen LogP contribution in [0.3, 0.4) is 0 Å². The number of amides is 1. The number of hydrogen-bond donors (Lipinski definition) is 1. The maximum absolute atomic E-state index is 11.4. The Morgan fingerprint density at radius 2 is 1.87 bits per heavy atom. The average Bonchev–Trinajstić information content (AvgIpc) is 2.16. The number of hydrogen-bond acceptors (Lipinski definition) is 3. The summed E-state index contributed by atoms with van der Waals surface area (Å²) in [7, 11) is -3.89. The average molecular weight is 226 g/mol. The largest absolute Gasteiger partial charge is 0.365 e. The quantitative estimate of drug-likeness (QED) is 0.722. The Hall–Kier alpha value is -1.89. The van der Waals surface area contributed by atoms with Crippen molar-refractivity contribution in [3.8, 4) is 0 Å². The van der Waals surface area contributed by atoms with Crippen molar-refractivity contribution in [2.45, 2.75) is 4.90 Å². The van der Waals surface area contributed by atoms with Gasteiger partial charge in [-0.25, -0.2) is 0 Å². The first-order valence-corrected chi connectivity index (χ1v) is 5.27. The van der Waals surface area contributed by atoms with Gasteiger partial charge in [0.15, 0.2) is 0 Å². The van der Waals surface area contributed by atoms with E-state index in [0.717, 1.165) is 0 Å². The van der Waals surface area contributed by atoms with Crippen LogP contribution in [0.25, 0.3) is 0 Å². The molecule has 0 spiro atoms. The second-order valence-electron chi connectivity index (χ2n) is 2.64. The van der Waals surface area contributed by atoms with Crippen LogP contribution in [0.15, 0.2) is 33.6 Å². The number of benzene rings is 1. The van der Waals surface area contributed by atoms with Crippen LogP contribution < -0.4 is 11.5 Å². The Labute approximate surface area is 86.7 Å². The normalized spacial score (nSPS) is 11.7. The molecule has 1 amide bonds. The molecule has 0 heterocycles. The van der Waals surface area contributed by atoms with Crippen molar-refractivity contribution in [2.24, 2.45) is 10.1 Å². The molecule has 1 aromatic rings. The summed E-state index contributed by atoms with van der Waals surface area (Å²) < 4.78 is 25.8. The van der Waals surface area contributed by atoms with Crippen molar-refractivity contribution in [1.29, 1.82) is 0 Å². The summed E-state index contributed by atoms with van der Waals surface area (Å²) >= 11 is 0. The predicted molar refractivity (Wildman–Crippen MR) is 54.1 cm³/mol. The van der Waals surface area contributed by atoms with Crippen LogP contribution in [0.5, 0.6) is 0 Å². The molecule has 0 aliphatic heterocycles. The highest BCUT2D eigenvalue weighted by atomic mass is 32.2. The van der Waals surface area contributed by atoms with E-state index in [1.54, 1.807) is 0 Å². The van der Waals surface area contributed by atoms with Gasteiger partial charge >= 0.3 is 0 Å². The van der Waals surface area contributed by atoms with E-state index in [9.17, 15) is 13.2 Å². The fourth-order valence-corrected chi connectivity index (χ4v) is 1.65. The molecule has 0 aliphatic carbocycles. The van der Waals surface area contributed by atoms with Gasteiger partial charge in [-0.1, -0.05) is 0 Å². The minimum Gasteiger partial charge on any atom is -0.365 e. The monoisotopic (exact) mass is 226 g/mol. The number of carbonyl (C=O) groups is 1. The number of rotatable bonds is 3. The number of nitrogens with zero attached hydrogens (tertiary/aromatic N) is 1. The summed E-state index contributed by atoms with van der Waals surface area (Å²) in [4.78, 5) is 10.2. The molecule has 0 unspecified atom stereocenters. The van der Waals surface area contributed by atoms with Gasteiger partial charge in [-0.15, -0.1) is 0 Å². The molecule has 1 aromatic carbocycles. The molecule has 1 rings (SSSR count). The fraction of sp³-hybridized carbons (Fsp3) is 0. The van der Waals surface area contributed by atoms with Gasteiger partial charge in [-0.05, 0) is 24.3 Å². The lowest BCUT2D eigenvalue weighted by Gasteiger charge is -1.97. The molecule has 0 fully saturated rings. The summed E-state index contributed by atoms with van der Waals surface area (Å²) in [6.07, 6.45) is 0.532. The first kappa shape index (κ1) is 11.2. The summed E-state index contributed by atoms with van der Waals surface area (Å²) in [5.41, 5.74) is 12.1. The number of nitrogens with one attached hydrogen (secondary N) is 1. The Bertz CT molecular complexity index is 490. The van der Waals surface area contributed by atoms with Crippen LogP contribution in [0.4, 0.5) is 5.69 Å². The maximum atomic E-state index is 11.4. The summed E-state index contributed by atoms with van der Waals surface area (Å²) in [6, 6.07) is 5.09. The molecule has 15 heavy (non-hydrogen) atoms. The van der Waals surface area contributed by atoms with E-state index in [1.165, 1.54) is 24.3 Å². The van der Waals surface area contributed by atoms with Gasteiger partial charge in [0.1, 0.15) is 6.21 Å². The lowest BCUT2D eigenvalue weighted by atomic mass is 10.3. The lowest BCUT2D eigenvalue weighted by Crippen LogP contribution is -2.13. The Kier molecular flexibility index (Phi) is 3.05. The molecule has 3 N–H and O–H groups in total. The highest BCUT2D eigenvalue weighted by molar-refractivity contribution is 7.90. The number of carbonyl (C=O) groups excluding carboxylic acids is 1. The number of nitrogens with two attached hydrogens (primary N) is 1. The van der Waals surface area contributed by atoms with Crippen LogP contribution in [0.1, 0.15) is 0 Å². The van der Waals surface area contributed by atoms with Gasteiger partial charge in [0.05, 0.1) is 10.6 Å². The van der Waals surface area contributed by atoms with E-state index in [0.29, 0.717) is 6.21 Å². The molecule has 7 heteroatoms. The van der Waals surface area contributed by atoms with Crippen molar-refractivity contribution in [3.63, 3.8) is 0 Å². The Morgan fingerprint density at radius 3 is 2.33 bits per heavy atom. The fourth-order valence-electron chi connectivity index (χ4n) is 0.809. The van der Waals surface area contributed by atoms with E-state index in [-0.39, 0.29) is 10.6 Å². The minimum atomic E-state index is -3.89. The third kappa shape index (κ3) is 3.06. The molecule has 0 bridgehead atoms. The molecule has 0 saturated heterocycles. The van der Waals surface area contributed by atoms with E-state index in [4.69, 9.17) is 11.5 Å². The van der Waals surface area contributed by atoms with Crippen molar-refractivity contribution in [3.05, 3.63) is 24.3 Å². The number of sulfonamides is 1. The second-order valence-corrected chi connectivity index (χ2v) is 4.27. The molecule has 1 radical (unpaired) electrons. The van der Waals surface area contributed by atoms with E-state index >= 15 is 0 Å². The van der Waals surface area contributed by atoms with Crippen molar-refractivity contribution in [1.82, 2.24) is 5.73 Å². The Balaban J connectivity index is 3.07. The zero-order chi connectivity index (χ0) is 11.5. The van der Waals surface area contributed by atoms with E-state index < -0.39 is 15.9 Å². The molecule has 0 saturated carbocycles. The number of primary amides is 1. The van der Waals surface area contributed by atoms with E-state index in [2.05, 4.69) is 4.40 Å². The maximum Gasteiger partial charge on any atom is 0.282 e. The summed E-state index contributed by atoms with van der Waals surface area (Å²) in [5.74, 6) is -0.935. The lowest BCUT2D eigenvalue weighted by molar-refractivity contribution is -0.111. The van der Waals surface area contributed by atoms with Crippen molar-refractivity contribution in [2.75, 3.05) is 0 Å². The van der Waals surface area contributed by atoms with E-state index in [1.807, 2.05) is 0 Å². The van der Waals surface area contributed by atoms with Crippen LogP contribution in [0.2, 0.25) is 0 Å². The SMILES string of the molecule is [NH]c1ccc(S(=O)(=O)N=CC(N)=O)cc1. The summed E-state index contributed by atoms with van der Waals surface area (Å²) in [6.45, 7) is 0. The van der Waals surface area contributed by atoms with Crippen LogP contribution >= 0.6 is 0 Å². The van der Waals surface area contributed by atoms with Crippen molar-refractivity contribution >= 4 is 27.8 Å². The highest BCUT2D eigenvalue weighted by Gasteiger charge is 2.11. The van der Waals surface area contributed by atoms with Crippen LogP contribution in [-0.2, 0) is 14.8 Å². The van der Waals surface area contributed by atoms with Gasteiger partial charge in [0, 0.05) is 0 Å². The molecule has 6 nitrogen and oxygen atoms in total. The first-order chi connectivity index (χ1) is 6.92. The van der Waals surface area contributed by atoms with Gasteiger partial charge < -0.3 is 11.5 Å². The standard InChI is InChI=1S/C8H8N3O3S/c9-6-1-3-7(4-2-6)15(13,14)11-5-8(10)12/h1-5,9H,(H2,10,12). The topological polar surface area (TPSA) is 113 Å². The minimum absolute atomic E-state index is 0.0870. The van der Waals surface area contributed by atoms with Crippen LogP contribution in [-0.4, -0.2) is 20.5 Å².